The molecule has 9 nitrogen and oxygen atoms in total. The largest absolute Gasteiger partial charge is 0.507 e. The number of benzene rings is 2. The van der Waals surface area contributed by atoms with Gasteiger partial charge in [-0.25, -0.2) is 9.97 Å². The van der Waals surface area contributed by atoms with Crippen molar-refractivity contribution in [3.05, 3.63) is 60.3 Å². The second-order valence-electron chi connectivity index (χ2n) is 10.4. The summed E-state index contributed by atoms with van der Waals surface area (Å²) in [6.45, 7) is 1.19. The zero-order valence-electron chi connectivity index (χ0n) is 21.8. The molecule has 2 aliphatic rings. The van der Waals surface area contributed by atoms with Crippen molar-refractivity contribution in [2.75, 3.05) is 20.2 Å². The van der Waals surface area contributed by atoms with Gasteiger partial charge in [0.25, 0.3) is 5.91 Å². The van der Waals surface area contributed by atoms with Gasteiger partial charge in [-0.2, -0.15) is 0 Å². The molecule has 39 heavy (non-hydrogen) atoms. The van der Waals surface area contributed by atoms with E-state index in [-0.39, 0.29) is 23.5 Å². The number of amides is 2. The Morgan fingerprint density at radius 1 is 1.15 bits per heavy atom. The maximum Gasteiger partial charge on any atom is 0.251 e. The number of aromatic hydroxyl groups is 1. The number of fused-ring (bicyclic) bond motifs is 1. The van der Waals surface area contributed by atoms with Crippen molar-refractivity contribution in [3.63, 3.8) is 0 Å². The topological polar surface area (TPSA) is 120 Å². The Morgan fingerprint density at radius 3 is 2.82 bits per heavy atom. The highest BCUT2D eigenvalue weighted by Crippen LogP contribution is 2.36. The molecule has 2 aromatic carbocycles. The number of nitrogens with one attached hydrogen (secondary N) is 2. The summed E-state index contributed by atoms with van der Waals surface area (Å²) >= 11 is 0. The molecule has 2 fully saturated rings. The van der Waals surface area contributed by atoms with Crippen molar-refractivity contribution >= 4 is 22.8 Å². The summed E-state index contributed by atoms with van der Waals surface area (Å²) in [6, 6.07) is 14.7. The number of methoxy groups -OCH3 is 1. The lowest BCUT2D eigenvalue weighted by molar-refractivity contribution is -0.129. The van der Waals surface area contributed by atoms with E-state index in [1.165, 1.54) is 12.8 Å². The fraction of sp³-hybridized carbons (Fsp3) is 0.333. The summed E-state index contributed by atoms with van der Waals surface area (Å²) in [5.74, 6) is 1.21. The normalized spacial score (nSPS) is 17.7. The van der Waals surface area contributed by atoms with Gasteiger partial charge in [-0.15, -0.1) is 0 Å². The molecule has 1 saturated carbocycles. The van der Waals surface area contributed by atoms with E-state index in [0.29, 0.717) is 47.4 Å². The summed E-state index contributed by atoms with van der Waals surface area (Å²) < 4.78 is 5.39. The van der Waals surface area contributed by atoms with Gasteiger partial charge in [-0.05, 0) is 60.9 Å². The van der Waals surface area contributed by atoms with Crippen LogP contribution in [0.5, 0.6) is 11.6 Å². The third-order valence-corrected chi connectivity index (χ3v) is 7.83. The lowest BCUT2D eigenvalue weighted by atomic mass is 10.0. The number of pyridine rings is 1. The van der Waals surface area contributed by atoms with Crippen LogP contribution in [0.4, 0.5) is 0 Å². The van der Waals surface area contributed by atoms with Gasteiger partial charge < -0.3 is 25.0 Å². The van der Waals surface area contributed by atoms with Crippen molar-refractivity contribution in [1.82, 2.24) is 25.2 Å². The molecule has 0 radical (unpaired) electrons. The fourth-order valence-electron chi connectivity index (χ4n) is 5.79. The number of rotatable bonds is 7. The van der Waals surface area contributed by atoms with Crippen LogP contribution in [0, 0.1) is 5.92 Å². The van der Waals surface area contributed by atoms with Gasteiger partial charge >= 0.3 is 0 Å². The SMILES string of the molecule is COc1ncccc1-c1ccc(O)c(-c2nc3cc(C(=O)NCC4CC(=O)N(C5CCCC5)C4)ccc3[nH]2)c1. The molecule has 1 aliphatic heterocycles. The predicted molar refractivity (Wildman–Crippen MR) is 147 cm³/mol. The first-order valence-corrected chi connectivity index (χ1v) is 13.4. The molecular formula is C30H31N5O4. The van der Waals surface area contributed by atoms with Gasteiger partial charge in [-0.1, -0.05) is 18.9 Å². The molecule has 2 amide bonds. The van der Waals surface area contributed by atoms with Gasteiger partial charge in [-0.3, -0.25) is 9.59 Å². The summed E-state index contributed by atoms with van der Waals surface area (Å²) in [7, 11) is 1.57. The predicted octanol–water partition coefficient (Wildman–Crippen LogP) is 4.53. The standard InChI is InChI=1S/C30H31N5O4/c1-39-30-22(7-4-12-31-30)19-9-11-26(36)23(14-19)28-33-24-10-8-20(15-25(24)34-28)29(38)32-16-18-13-27(37)35(17-18)21-5-2-3-6-21/h4,7-12,14-15,18,21,36H,2-3,5-6,13,16-17H2,1H3,(H,32,38)(H,33,34). The van der Waals surface area contributed by atoms with Crippen LogP contribution in [-0.4, -0.2) is 63.0 Å². The number of aromatic nitrogens is 3. The highest BCUT2D eigenvalue weighted by atomic mass is 16.5. The van der Waals surface area contributed by atoms with Crippen LogP contribution < -0.4 is 10.1 Å². The summed E-state index contributed by atoms with van der Waals surface area (Å²) in [5.41, 5.74) is 4.01. The lowest BCUT2D eigenvalue weighted by Crippen LogP contribution is -2.36. The Balaban J connectivity index is 1.18. The van der Waals surface area contributed by atoms with Crippen LogP contribution in [0.25, 0.3) is 33.5 Å². The van der Waals surface area contributed by atoms with Crippen molar-refractivity contribution in [2.45, 2.75) is 38.1 Å². The highest BCUT2D eigenvalue weighted by molar-refractivity contribution is 5.98. The van der Waals surface area contributed by atoms with E-state index in [2.05, 4.69) is 20.3 Å². The monoisotopic (exact) mass is 525 g/mol. The summed E-state index contributed by atoms with van der Waals surface area (Å²) in [4.78, 5) is 39.6. The zero-order chi connectivity index (χ0) is 26.9. The van der Waals surface area contributed by atoms with Gasteiger partial charge in [0.05, 0.1) is 23.7 Å². The maximum absolute atomic E-state index is 13.0. The minimum absolute atomic E-state index is 0.0800. The number of hydrogen-bond acceptors (Lipinski definition) is 6. The molecule has 6 rings (SSSR count). The van der Waals surface area contributed by atoms with Crippen molar-refractivity contribution in [1.29, 1.82) is 0 Å². The molecular weight excluding hydrogens is 494 g/mol. The molecule has 3 heterocycles. The first-order chi connectivity index (χ1) is 19.0. The van der Waals surface area contributed by atoms with Crippen molar-refractivity contribution in [3.8, 4) is 34.1 Å². The van der Waals surface area contributed by atoms with Gasteiger partial charge in [0.15, 0.2) is 0 Å². The van der Waals surface area contributed by atoms with Gasteiger partial charge in [0, 0.05) is 48.8 Å². The van der Waals surface area contributed by atoms with Crippen molar-refractivity contribution < 1.29 is 19.4 Å². The Morgan fingerprint density at radius 2 is 2.00 bits per heavy atom. The third-order valence-electron chi connectivity index (χ3n) is 7.83. The van der Waals surface area contributed by atoms with Crippen LogP contribution in [0.1, 0.15) is 42.5 Å². The van der Waals surface area contributed by atoms with Crippen LogP contribution in [0.15, 0.2) is 54.7 Å². The van der Waals surface area contributed by atoms with E-state index in [9.17, 15) is 14.7 Å². The van der Waals surface area contributed by atoms with Crippen LogP contribution in [0.3, 0.4) is 0 Å². The van der Waals surface area contributed by atoms with E-state index in [1.807, 2.05) is 29.2 Å². The minimum atomic E-state index is -0.193. The Labute approximate surface area is 226 Å². The first-order valence-electron chi connectivity index (χ1n) is 13.4. The van der Waals surface area contributed by atoms with E-state index in [1.54, 1.807) is 37.6 Å². The smallest absolute Gasteiger partial charge is 0.251 e. The van der Waals surface area contributed by atoms with E-state index in [0.717, 1.165) is 36.0 Å². The molecule has 9 heteroatoms. The Kier molecular flexibility index (Phi) is 6.64. The Hall–Kier alpha value is -4.40. The highest BCUT2D eigenvalue weighted by Gasteiger charge is 2.35. The van der Waals surface area contributed by atoms with E-state index >= 15 is 0 Å². The zero-order valence-corrected chi connectivity index (χ0v) is 21.8. The molecule has 3 N–H and O–H groups in total. The number of H-pyrrole nitrogens is 1. The number of carbonyl (C=O) groups excluding carboxylic acids is 2. The fourth-order valence-corrected chi connectivity index (χ4v) is 5.79. The second kappa shape index (κ2) is 10.4. The average molecular weight is 526 g/mol. The lowest BCUT2D eigenvalue weighted by Gasteiger charge is -2.24. The van der Waals surface area contributed by atoms with Crippen molar-refractivity contribution in [2.24, 2.45) is 5.92 Å². The van der Waals surface area contributed by atoms with Crippen LogP contribution in [-0.2, 0) is 4.79 Å². The summed E-state index contributed by atoms with van der Waals surface area (Å²) in [5, 5.41) is 13.6. The number of hydrogen-bond donors (Lipinski definition) is 3. The third kappa shape index (κ3) is 4.92. The van der Waals surface area contributed by atoms with Gasteiger partial charge in [0.1, 0.15) is 11.6 Å². The molecule has 0 spiro atoms. The Bertz CT molecular complexity index is 1540. The van der Waals surface area contributed by atoms with E-state index < -0.39 is 0 Å². The minimum Gasteiger partial charge on any atom is -0.507 e. The van der Waals surface area contributed by atoms with Gasteiger partial charge in [0.2, 0.25) is 11.8 Å². The number of phenolic OH excluding ortho intramolecular Hbond substituents is 1. The molecule has 2 aromatic heterocycles. The number of nitrogens with zero attached hydrogens (tertiary/aromatic N) is 3. The number of carbonyl (C=O) groups is 2. The molecule has 0 bridgehead atoms. The number of ether oxygens (including phenoxy) is 1. The second-order valence-corrected chi connectivity index (χ2v) is 10.4. The number of phenols is 1. The summed E-state index contributed by atoms with van der Waals surface area (Å²) in [6.07, 6.45) is 6.72. The number of imidazole rings is 1. The number of likely N-dealkylation sites (tertiary alicyclic amines) is 1. The molecule has 1 aliphatic carbocycles. The number of aromatic amines is 1. The van der Waals surface area contributed by atoms with Crippen LogP contribution >= 0.6 is 0 Å². The molecule has 1 saturated heterocycles. The first kappa shape index (κ1) is 24.9. The molecule has 1 atom stereocenters. The molecule has 4 aromatic rings. The molecule has 200 valence electrons. The maximum atomic E-state index is 13.0. The quantitative estimate of drug-likeness (QED) is 0.326. The molecule has 1 unspecified atom stereocenters. The van der Waals surface area contributed by atoms with Crippen LogP contribution in [0.2, 0.25) is 0 Å². The van der Waals surface area contributed by atoms with E-state index in [4.69, 9.17) is 4.74 Å². The average Bonchev–Trinajstić information content (AvgIpc) is 3.71.